The van der Waals surface area contributed by atoms with E-state index in [1.54, 1.807) is 28.8 Å². The van der Waals surface area contributed by atoms with Crippen LogP contribution < -0.4 is 0 Å². The maximum absolute atomic E-state index is 14.4. The van der Waals surface area contributed by atoms with Crippen LogP contribution >= 0.6 is 11.8 Å². The molecular formula is C29H46N2O5S. The Morgan fingerprint density at radius 3 is 2.59 bits per heavy atom. The zero-order chi connectivity index (χ0) is 27.3. The lowest BCUT2D eigenvalue weighted by molar-refractivity contribution is -0.155. The second-order valence-corrected chi connectivity index (χ2v) is 12.7. The van der Waals surface area contributed by atoms with E-state index in [1.807, 2.05) is 18.7 Å². The largest absolute Gasteiger partial charge is 0.465 e. The number of unbranched alkanes of at least 4 members (excludes halogenated alkanes) is 3. The Kier molecular flexibility index (Phi) is 10.3. The predicted octanol–water partition coefficient (Wildman–Crippen LogP) is 4.05. The van der Waals surface area contributed by atoms with Gasteiger partial charge < -0.3 is 19.6 Å². The number of esters is 1. The van der Waals surface area contributed by atoms with Crippen LogP contribution in [0, 0.1) is 23.7 Å². The van der Waals surface area contributed by atoms with Crippen molar-refractivity contribution >= 4 is 29.5 Å². The van der Waals surface area contributed by atoms with E-state index in [0.717, 1.165) is 32.1 Å². The molecule has 2 amide bonds. The van der Waals surface area contributed by atoms with E-state index in [0.29, 0.717) is 26.1 Å². The van der Waals surface area contributed by atoms with Crippen molar-refractivity contribution < 1.29 is 24.2 Å². The number of hydrogen-bond donors (Lipinski definition) is 1. The lowest BCUT2D eigenvalue weighted by Crippen LogP contribution is -2.60. The van der Waals surface area contributed by atoms with Crippen LogP contribution in [0.2, 0.25) is 0 Å². The fraction of sp³-hybridized carbons (Fsp3) is 0.759. The number of amides is 2. The molecule has 37 heavy (non-hydrogen) atoms. The summed E-state index contributed by atoms with van der Waals surface area (Å²) in [5.74, 6) is -1.78. The summed E-state index contributed by atoms with van der Waals surface area (Å²) in [5.41, 5.74) is 0. The van der Waals surface area contributed by atoms with Gasteiger partial charge in [0.25, 0.3) is 0 Å². The monoisotopic (exact) mass is 534 g/mol. The van der Waals surface area contributed by atoms with Gasteiger partial charge >= 0.3 is 5.97 Å². The molecule has 0 aliphatic carbocycles. The van der Waals surface area contributed by atoms with Crippen molar-refractivity contribution in [2.24, 2.45) is 23.7 Å². The normalized spacial score (nSPS) is 30.9. The fourth-order valence-corrected chi connectivity index (χ4v) is 9.04. The van der Waals surface area contributed by atoms with Gasteiger partial charge in [-0.1, -0.05) is 52.7 Å². The molecule has 3 fully saturated rings. The Bertz CT molecular complexity index is 863. The number of thioether (sulfide) groups is 1. The van der Waals surface area contributed by atoms with Gasteiger partial charge in [0.05, 0.1) is 35.8 Å². The van der Waals surface area contributed by atoms with E-state index in [-0.39, 0.29) is 41.5 Å². The van der Waals surface area contributed by atoms with Crippen molar-refractivity contribution in [1.82, 2.24) is 9.80 Å². The topological polar surface area (TPSA) is 87.1 Å². The van der Waals surface area contributed by atoms with Crippen molar-refractivity contribution in [3.8, 4) is 0 Å². The Hall–Kier alpha value is -1.80. The SMILES string of the molecule is C=CCCCOC(=O)[C@@H]1[C@H]2C(=O)N([C@@H](CO)C(C)C)C(C(=O)N(CC=C)CCCCC)C23S[C@@H]1CC3C. The summed E-state index contributed by atoms with van der Waals surface area (Å²) >= 11 is 1.65. The van der Waals surface area contributed by atoms with Crippen molar-refractivity contribution in [1.29, 1.82) is 0 Å². The van der Waals surface area contributed by atoms with E-state index >= 15 is 0 Å². The van der Waals surface area contributed by atoms with Crippen LogP contribution in [-0.4, -0.2) is 81.1 Å². The molecule has 0 saturated carbocycles. The number of allylic oxidation sites excluding steroid dienone is 1. The van der Waals surface area contributed by atoms with Gasteiger partial charge in [-0.25, -0.2) is 0 Å². The molecule has 1 spiro atoms. The molecule has 3 aliphatic heterocycles. The summed E-state index contributed by atoms with van der Waals surface area (Å²) in [6.07, 6.45) is 8.69. The highest BCUT2D eigenvalue weighted by atomic mass is 32.2. The summed E-state index contributed by atoms with van der Waals surface area (Å²) in [5, 5.41) is 10.3. The number of nitrogens with zero attached hydrogens (tertiary/aromatic N) is 2. The first kappa shape index (κ1) is 29.8. The standard InChI is InChI=1S/C29H46N2O5S/c1-7-10-12-15-30(14-9-3)27(34)25-29-20(6)17-22(37-29)23(28(35)36-16-13-11-8-2)24(29)26(33)31(25)21(18-32)19(4)5/h8-9,19-25,32H,2-3,7,10-18H2,1,4-6H3/t20?,21-,22+,23-,24-,25?,29?/m0/s1. The predicted molar refractivity (Wildman–Crippen MR) is 148 cm³/mol. The zero-order valence-corrected chi connectivity index (χ0v) is 23.9. The van der Waals surface area contributed by atoms with E-state index in [4.69, 9.17) is 4.74 Å². The van der Waals surface area contributed by atoms with Gasteiger partial charge in [0.1, 0.15) is 6.04 Å². The zero-order valence-electron chi connectivity index (χ0n) is 23.1. The summed E-state index contributed by atoms with van der Waals surface area (Å²) in [7, 11) is 0. The van der Waals surface area contributed by atoms with Crippen molar-refractivity contribution in [2.45, 2.75) is 88.3 Å². The van der Waals surface area contributed by atoms with Gasteiger partial charge in [-0.05, 0) is 37.5 Å². The molecule has 0 aromatic heterocycles. The molecule has 1 N–H and O–H groups in total. The molecule has 0 aromatic carbocycles. The molecule has 3 aliphatic rings. The summed E-state index contributed by atoms with van der Waals surface area (Å²) in [6, 6.07) is -1.23. The lowest BCUT2D eigenvalue weighted by Gasteiger charge is -2.42. The third-order valence-corrected chi connectivity index (χ3v) is 10.6. The van der Waals surface area contributed by atoms with Gasteiger partial charge in [-0.2, -0.15) is 0 Å². The van der Waals surface area contributed by atoms with Gasteiger partial charge in [0.2, 0.25) is 11.8 Å². The van der Waals surface area contributed by atoms with Crippen LogP contribution in [-0.2, 0) is 19.1 Å². The average Bonchev–Trinajstić information content (AvgIpc) is 3.45. The van der Waals surface area contributed by atoms with Crippen LogP contribution in [0.1, 0.15) is 66.2 Å². The number of hydrogen-bond acceptors (Lipinski definition) is 6. The molecule has 3 rings (SSSR count). The van der Waals surface area contributed by atoms with Gasteiger partial charge in [0.15, 0.2) is 0 Å². The molecule has 3 saturated heterocycles. The molecule has 0 aromatic rings. The number of aliphatic hydroxyl groups excluding tert-OH is 1. The molecule has 7 nitrogen and oxygen atoms in total. The first-order valence-corrected chi connectivity index (χ1v) is 14.9. The molecular weight excluding hydrogens is 488 g/mol. The molecule has 3 unspecified atom stereocenters. The van der Waals surface area contributed by atoms with Gasteiger partial charge in [-0.15, -0.1) is 24.9 Å². The van der Waals surface area contributed by atoms with Gasteiger partial charge in [0, 0.05) is 18.3 Å². The van der Waals surface area contributed by atoms with Crippen LogP contribution in [0.4, 0.5) is 0 Å². The highest BCUT2D eigenvalue weighted by molar-refractivity contribution is 8.02. The second-order valence-electron chi connectivity index (χ2n) is 11.2. The maximum Gasteiger partial charge on any atom is 0.310 e. The Labute approximate surface area is 227 Å². The Balaban J connectivity index is 2.03. The number of carbonyl (C=O) groups is 3. The van der Waals surface area contributed by atoms with Crippen molar-refractivity contribution in [3.05, 3.63) is 25.3 Å². The number of carbonyl (C=O) groups excluding carboxylic acids is 3. The number of likely N-dealkylation sites (tertiary alicyclic amines) is 1. The number of aliphatic hydroxyl groups is 1. The van der Waals surface area contributed by atoms with E-state index in [1.165, 1.54) is 0 Å². The summed E-state index contributed by atoms with van der Waals surface area (Å²) < 4.78 is 4.94. The molecule has 8 heteroatoms. The minimum Gasteiger partial charge on any atom is -0.465 e. The van der Waals surface area contributed by atoms with Crippen LogP contribution in [0.15, 0.2) is 25.3 Å². The number of ether oxygens (including phenoxy) is 1. The fourth-order valence-electron chi connectivity index (χ4n) is 6.65. The van der Waals surface area contributed by atoms with Crippen LogP contribution in [0.25, 0.3) is 0 Å². The lowest BCUT2D eigenvalue weighted by atomic mass is 9.66. The van der Waals surface area contributed by atoms with Crippen molar-refractivity contribution in [2.75, 3.05) is 26.3 Å². The summed E-state index contributed by atoms with van der Waals surface area (Å²) in [4.78, 5) is 45.5. The summed E-state index contributed by atoms with van der Waals surface area (Å²) in [6.45, 7) is 16.8. The number of fused-ring (bicyclic) bond motifs is 1. The highest BCUT2D eigenvalue weighted by Crippen LogP contribution is 2.69. The van der Waals surface area contributed by atoms with Crippen LogP contribution in [0.5, 0.6) is 0 Å². The van der Waals surface area contributed by atoms with Crippen LogP contribution in [0.3, 0.4) is 0 Å². The first-order chi connectivity index (χ1) is 17.7. The molecule has 3 heterocycles. The molecule has 0 radical (unpaired) electrons. The molecule has 7 atom stereocenters. The first-order valence-electron chi connectivity index (χ1n) is 14.0. The molecule has 208 valence electrons. The molecule has 2 bridgehead atoms. The quantitative estimate of drug-likeness (QED) is 0.194. The third-order valence-electron chi connectivity index (χ3n) is 8.49. The second kappa shape index (κ2) is 12.8. The Morgan fingerprint density at radius 1 is 1.27 bits per heavy atom. The van der Waals surface area contributed by atoms with E-state index < -0.39 is 28.7 Å². The Morgan fingerprint density at radius 2 is 2.00 bits per heavy atom. The minimum absolute atomic E-state index is 0.0470. The van der Waals surface area contributed by atoms with E-state index in [9.17, 15) is 19.5 Å². The number of rotatable bonds is 15. The third kappa shape index (κ3) is 5.38. The smallest absolute Gasteiger partial charge is 0.310 e. The highest BCUT2D eigenvalue weighted by Gasteiger charge is 2.77. The maximum atomic E-state index is 14.4. The van der Waals surface area contributed by atoms with E-state index in [2.05, 4.69) is 27.0 Å². The average molecular weight is 535 g/mol. The van der Waals surface area contributed by atoms with Crippen molar-refractivity contribution in [3.63, 3.8) is 0 Å². The van der Waals surface area contributed by atoms with Gasteiger partial charge in [-0.3, -0.25) is 14.4 Å². The minimum atomic E-state index is -0.727.